The van der Waals surface area contributed by atoms with E-state index in [4.69, 9.17) is 4.98 Å². The Bertz CT molecular complexity index is 1090. The Morgan fingerprint density at radius 1 is 0.923 bits per heavy atom. The topological polar surface area (TPSA) is 42.0 Å². The van der Waals surface area contributed by atoms with Gasteiger partial charge in [-0.1, -0.05) is 18.2 Å². The minimum absolute atomic E-state index is 0.118. The first-order valence-corrected chi connectivity index (χ1v) is 10.8. The van der Waals surface area contributed by atoms with E-state index in [1.54, 1.807) is 11.3 Å². The number of para-hydroxylation sites is 1. The van der Waals surface area contributed by atoms with Crippen LogP contribution in [0, 0.1) is 7.14 Å². The van der Waals surface area contributed by atoms with Gasteiger partial charge in [0.2, 0.25) is 0 Å². The van der Waals surface area contributed by atoms with E-state index < -0.39 is 0 Å². The summed E-state index contributed by atoms with van der Waals surface area (Å²) in [7, 11) is 0. The molecule has 1 N–H and O–H groups in total. The van der Waals surface area contributed by atoms with E-state index in [1.807, 2.05) is 54.6 Å². The molecule has 0 saturated carbocycles. The molecule has 1 heterocycles. The second-order valence-electron chi connectivity index (χ2n) is 5.64. The van der Waals surface area contributed by atoms with Crippen molar-refractivity contribution in [2.75, 3.05) is 5.32 Å². The number of hydrogen-bond donors (Lipinski definition) is 1. The van der Waals surface area contributed by atoms with E-state index in [1.165, 1.54) is 0 Å². The number of halogens is 2. The molecule has 3 nitrogen and oxygen atoms in total. The lowest BCUT2D eigenvalue weighted by atomic mass is 10.1. The molecule has 0 unspecified atom stereocenters. The summed E-state index contributed by atoms with van der Waals surface area (Å²) in [5.41, 5.74) is 3.33. The van der Waals surface area contributed by atoms with Crippen molar-refractivity contribution in [3.8, 4) is 10.6 Å². The fourth-order valence-corrected chi connectivity index (χ4v) is 4.64. The van der Waals surface area contributed by atoms with Crippen LogP contribution in [0.5, 0.6) is 0 Å². The molecule has 0 radical (unpaired) electrons. The maximum absolute atomic E-state index is 12.7. The highest BCUT2D eigenvalue weighted by Gasteiger charge is 2.14. The van der Waals surface area contributed by atoms with Crippen LogP contribution in [0.3, 0.4) is 0 Å². The molecule has 0 aliphatic rings. The number of carbonyl (C=O) groups excluding carboxylic acids is 1. The number of rotatable bonds is 3. The summed E-state index contributed by atoms with van der Waals surface area (Å²) in [6.45, 7) is 0. The molecule has 0 spiro atoms. The molecule has 1 amide bonds. The fraction of sp³-hybridized carbons (Fsp3) is 0. The lowest BCUT2D eigenvalue weighted by molar-refractivity contribution is 0.102. The van der Waals surface area contributed by atoms with Crippen molar-refractivity contribution in [3.63, 3.8) is 0 Å². The van der Waals surface area contributed by atoms with E-state index in [0.29, 0.717) is 5.56 Å². The minimum Gasteiger partial charge on any atom is -0.321 e. The summed E-state index contributed by atoms with van der Waals surface area (Å²) in [5.74, 6) is -0.118. The second-order valence-corrected chi connectivity index (χ2v) is 9.16. The Morgan fingerprint density at radius 3 is 2.54 bits per heavy atom. The highest BCUT2D eigenvalue weighted by atomic mass is 127. The Hall–Kier alpha value is -1.52. The minimum atomic E-state index is -0.118. The van der Waals surface area contributed by atoms with Crippen LogP contribution in [0.25, 0.3) is 20.8 Å². The molecule has 0 aliphatic heterocycles. The molecule has 0 atom stereocenters. The molecular weight excluding hydrogens is 570 g/mol. The van der Waals surface area contributed by atoms with E-state index >= 15 is 0 Å². The zero-order valence-corrected chi connectivity index (χ0v) is 18.5. The van der Waals surface area contributed by atoms with Gasteiger partial charge in [-0.3, -0.25) is 4.79 Å². The third-order valence-corrected chi connectivity index (χ3v) is 6.25. The Labute approximate surface area is 182 Å². The smallest absolute Gasteiger partial charge is 0.255 e. The van der Waals surface area contributed by atoms with Gasteiger partial charge in [-0.25, -0.2) is 4.98 Å². The van der Waals surface area contributed by atoms with Gasteiger partial charge in [0.05, 0.1) is 15.9 Å². The average Bonchev–Trinajstić information content (AvgIpc) is 3.07. The molecule has 128 valence electrons. The molecule has 4 rings (SSSR count). The van der Waals surface area contributed by atoms with Crippen LogP contribution in [0.15, 0.2) is 66.7 Å². The standard InChI is InChI=1S/C20H12I2N2OS/c21-13-5-3-4-12(10-13)19(25)23-16-9-8-14(22)11-15(16)20-24-17-6-1-2-7-18(17)26-20/h1-11H,(H,23,25). The van der Waals surface area contributed by atoms with E-state index in [0.717, 1.165) is 33.6 Å². The first-order chi connectivity index (χ1) is 12.6. The molecular formula is C20H12I2N2OS. The summed E-state index contributed by atoms with van der Waals surface area (Å²) in [5, 5.41) is 3.95. The van der Waals surface area contributed by atoms with Crippen LogP contribution >= 0.6 is 56.5 Å². The summed E-state index contributed by atoms with van der Waals surface area (Å²) in [6.07, 6.45) is 0. The van der Waals surface area contributed by atoms with Gasteiger partial charge in [0.1, 0.15) is 5.01 Å². The van der Waals surface area contributed by atoms with Crippen LogP contribution in [-0.4, -0.2) is 10.9 Å². The Morgan fingerprint density at radius 2 is 1.73 bits per heavy atom. The normalized spacial score (nSPS) is 10.8. The number of hydrogen-bond acceptors (Lipinski definition) is 3. The zero-order chi connectivity index (χ0) is 18.1. The van der Waals surface area contributed by atoms with E-state index in [-0.39, 0.29) is 5.91 Å². The van der Waals surface area contributed by atoms with Crippen LogP contribution < -0.4 is 5.32 Å². The largest absolute Gasteiger partial charge is 0.321 e. The number of aromatic nitrogens is 1. The number of fused-ring (bicyclic) bond motifs is 1. The number of nitrogens with zero attached hydrogens (tertiary/aromatic N) is 1. The number of carbonyl (C=O) groups is 1. The summed E-state index contributed by atoms with van der Waals surface area (Å²) < 4.78 is 3.27. The van der Waals surface area contributed by atoms with Crippen molar-refractivity contribution < 1.29 is 4.79 Å². The molecule has 0 fully saturated rings. The molecule has 0 aliphatic carbocycles. The number of benzene rings is 3. The van der Waals surface area contributed by atoms with Gasteiger partial charge >= 0.3 is 0 Å². The third-order valence-electron chi connectivity index (χ3n) is 3.84. The van der Waals surface area contributed by atoms with Crippen molar-refractivity contribution in [2.24, 2.45) is 0 Å². The Kier molecular flexibility index (Phi) is 5.23. The van der Waals surface area contributed by atoms with Gasteiger partial charge in [-0.15, -0.1) is 11.3 Å². The van der Waals surface area contributed by atoms with Gasteiger partial charge < -0.3 is 5.32 Å². The predicted octanol–water partition coefficient (Wildman–Crippen LogP) is 6.42. The summed E-state index contributed by atoms with van der Waals surface area (Å²) >= 11 is 6.12. The molecule has 6 heteroatoms. The molecule has 4 aromatic rings. The van der Waals surface area contributed by atoms with Gasteiger partial charge in [-0.05, 0) is 93.7 Å². The highest BCUT2D eigenvalue weighted by molar-refractivity contribution is 14.1. The van der Waals surface area contributed by atoms with Gasteiger partial charge in [-0.2, -0.15) is 0 Å². The number of amides is 1. The van der Waals surface area contributed by atoms with Crippen LogP contribution in [0.1, 0.15) is 10.4 Å². The Balaban J connectivity index is 1.74. The third kappa shape index (κ3) is 3.77. The lowest BCUT2D eigenvalue weighted by Gasteiger charge is -2.10. The highest BCUT2D eigenvalue weighted by Crippen LogP contribution is 2.35. The van der Waals surface area contributed by atoms with Crippen LogP contribution in [-0.2, 0) is 0 Å². The second kappa shape index (κ2) is 7.61. The monoisotopic (exact) mass is 582 g/mol. The van der Waals surface area contributed by atoms with Crippen molar-refractivity contribution in [3.05, 3.63) is 79.4 Å². The first-order valence-electron chi connectivity index (χ1n) is 7.82. The molecule has 0 bridgehead atoms. The maximum Gasteiger partial charge on any atom is 0.255 e. The fourth-order valence-electron chi connectivity index (χ4n) is 2.61. The molecule has 26 heavy (non-hydrogen) atoms. The quantitative estimate of drug-likeness (QED) is 0.284. The van der Waals surface area contributed by atoms with Gasteiger partial charge in [0.25, 0.3) is 5.91 Å². The van der Waals surface area contributed by atoms with Crippen LogP contribution in [0.2, 0.25) is 0 Å². The van der Waals surface area contributed by atoms with Crippen molar-refractivity contribution in [2.45, 2.75) is 0 Å². The average molecular weight is 582 g/mol. The van der Waals surface area contributed by atoms with Crippen molar-refractivity contribution in [1.29, 1.82) is 0 Å². The molecule has 0 saturated heterocycles. The zero-order valence-electron chi connectivity index (χ0n) is 13.4. The SMILES string of the molecule is O=C(Nc1ccc(I)cc1-c1nc2ccccc2s1)c1cccc(I)c1. The summed E-state index contributed by atoms with van der Waals surface area (Å²) in [6, 6.07) is 21.6. The summed E-state index contributed by atoms with van der Waals surface area (Å²) in [4.78, 5) is 17.4. The van der Waals surface area contributed by atoms with Crippen molar-refractivity contribution >= 4 is 78.3 Å². The lowest BCUT2D eigenvalue weighted by Crippen LogP contribution is -2.12. The number of nitrogens with one attached hydrogen (secondary N) is 1. The van der Waals surface area contributed by atoms with Gasteiger partial charge in [0.15, 0.2) is 0 Å². The number of thiazole rings is 1. The van der Waals surface area contributed by atoms with E-state index in [2.05, 4.69) is 62.6 Å². The molecule has 1 aromatic heterocycles. The number of anilines is 1. The maximum atomic E-state index is 12.7. The van der Waals surface area contributed by atoms with Crippen molar-refractivity contribution in [1.82, 2.24) is 4.98 Å². The van der Waals surface area contributed by atoms with E-state index in [9.17, 15) is 4.79 Å². The van der Waals surface area contributed by atoms with Gasteiger partial charge in [0, 0.05) is 18.3 Å². The molecule has 3 aromatic carbocycles. The predicted molar refractivity (Wildman–Crippen MR) is 125 cm³/mol. The first kappa shape index (κ1) is 17.9. The van der Waals surface area contributed by atoms with Crippen LogP contribution in [0.4, 0.5) is 5.69 Å².